The highest BCUT2D eigenvalue weighted by atomic mass is 16.4. The fourth-order valence-electron chi connectivity index (χ4n) is 2.71. The number of rotatable bonds is 3. The second-order valence-corrected chi connectivity index (χ2v) is 5.57. The molecular formula is C19H16N2O4. The first-order valence-corrected chi connectivity index (χ1v) is 7.42. The first-order valence-electron chi connectivity index (χ1n) is 7.42. The third-order valence-corrected chi connectivity index (χ3v) is 3.97. The van der Waals surface area contributed by atoms with E-state index in [2.05, 4.69) is 0 Å². The van der Waals surface area contributed by atoms with Crippen molar-refractivity contribution in [3.8, 4) is 33.8 Å². The smallest absolute Gasteiger partial charge is 0.336 e. The van der Waals surface area contributed by atoms with Gasteiger partial charge >= 0.3 is 5.97 Å². The van der Waals surface area contributed by atoms with Crippen molar-refractivity contribution >= 4 is 17.3 Å². The zero-order chi connectivity index (χ0) is 18.1. The van der Waals surface area contributed by atoms with Gasteiger partial charge in [-0.05, 0) is 41.5 Å². The van der Waals surface area contributed by atoms with E-state index < -0.39 is 5.97 Å². The molecule has 0 atom stereocenters. The van der Waals surface area contributed by atoms with E-state index in [-0.39, 0.29) is 28.4 Å². The molecule has 3 rings (SSSR count). The van der Waals surface area contributed by atoms with Crippen LogP contribution in [0.15, 0.2) is 54.6 Å². The molecule has 0 saturated carbocycles. The van der Waals surface area contributed by atoms with Gasteiger partial charge in [0.25, 0.3) is 0 Å². The minimum Gasteiger partial charge on any atom is -0.508 e. The molecule has 0 amide bonds. The van der Waals surface area contributed by atoms with Crippen LogP contribution in [0, 0.1) is 0 Å². The van der Waals surface area contributed by atoms with Gasteiger partial charge in [0.2, 0.25) is 0 Å². The Kier molecular flexibility index (Phi) is 3.94. The topological polar surface area (TPSA) is 130 Å². The molecule has 0 aromatic heterocycles. The summed E-state index contributed by atoms with van der Waals surface area (Å²) in [5.74, 6) is -1.07. The summed E-state index contributed by atoms with van der Waals surface area (Å²) in [5, 5.41) is 28.5. The van der Waals surface area contributed by atoms with Crippen molar-refractivity contribution in [1.82, 2.24) is 0 Å². The zero-order valence-corrected chi connectivity index (χ0v) is 13.1. The van der Waals surface area contributed by atoms with Gasteiger partial charge in [-0.3, -0.25) is 0 Å². The molecule has 0 heterocycles. The summed E-state index contributed by atoms with van der Waals surface area (Å²) in [5.41, 5.74) is 14.7. The number of anilines is 2. The SMILES string of the molecule is Nc1cc(-c2ccc(C(=O)O)c(-c3ccc(O)cc3)c2N)ccc1O. The van der Waals surface area contributed by atoms with Crippen LogP contribution in [0.1, 0.15) is 10.4 Å². The van der Waals surface area contributed by atoms with Crippen LogP contribution < -0.4 is 11.5 Å². The number of hydrogen-bond acceptors (Lipinski definition) is 5. The monoisotopic (exact) mass is 336 g/mol. The van der Waals surface area contributed by atoms with Crippen molar-refractivity contribution in [3.63, 3.8) is 0 Å². The lowest BCUT2D eigenvalue weighted by Crippen LogP contribution is -2.04. The summed E-state index contributed by atoms with van der Waals surface area (Å²) in [4.78, 5) is 11.6. The molecule has 0 bridgehead atoms. The van der Waals surface area contributed by atoms with Crippen molar-refractivity contribution in [2.24, 2.45) is 0 Å². The highest BCUT2D eigenvalue weighted by Gasteiger charge is 2.18. The van der Waals surface area contributed by atoms with Crippen molar-refractivity contribution < 1.29 is 20.1 Å². The summed E-state index contributed by atoms with van der Waals surface area (Å²) in [6.07, 6.45) is 0. The van der Waals surface area contributed by atoms with E-state index in [4.69, 9.17) is 11.5 Å². The van der Waals surface area contributed by atoms with E-state index >= 15 is 0 Å². The number of phenolic OH excluding ortho intramolecular Hbond substituents is 2. The van der Waals surface area contributed by atoms with Crippen LogP contribution >= 0.6 is 0 Å². The first kappa shape index (κ1) is 16.2. The highest BCUT2D eigenvalue weighted by Crippen LogP contribution is 2.39. The Morgan fingerprint density at radius 1 is 0.840 bits per heavy atom. The van der Waals surface area contributed by atoms with Crippen molar-refractivity contribution in [2.45, 2.75) is 0 Å². The molecule has 0 radical (unpaired) electrons. The van der Waals surface area contributed by atoms with Crippen LogP contribution in [-0.4, -0.2) is 21.3 Å². The van der Waals surface area contributed by atoms with Crippen molar-refractivity contribution in [2.75, 3.05) is 11.5 Å². The Balaban J connectivity index is 2.26. The fraction of sp³-hybridized carbons (Fsp3) is 0. The number of carboxylic acids is 1. The minimum absolute atomic E-state index is 0.0387. The zero-order valence-electron chi connectivity index (χ0n) is 13.1. The normalized spacial score (nSPS) is 10.6. The Hall–Kier alpha value is -3.67. The predicted octanol–water partition coefficient (Wildman–Crippen LogP) is 3.29. The molecule has 6 heteroatoms. The molecule has 0 unspecified atom stereocenters. The maximum Gasteiger partial charge on any atom is 0.336 e. The number of phenols is 2. The van der Waals surface area contributed by atoms with E-state index in [0.29, 0.717) is 22.3 Å². The van der Waals surface area contributed by atoms with Gasteiger partial charge in [-0.25, -0.2) is 4.79 Å². The fourth-order valence-corrected chi connectivity index (χ4v) is 2.71. The summed E-state index contributed by atoms with van der Waals surface area (Å²) >= 11 is 0. The third-order valence-electron chi connectivity index (χ3n) is 3.97. The average Bonchev–Trinajstić information content (AvgIpc) is 2.58. The van der Waals surface area contributed by atoms with Gasteiger partial charge in [-0.2, -0.15) is 0 Å². The number of nitrogen functional groups attached to an aromatic ring is 2. The van der Waals surface area contributed by atoms with Crippen LogP contribution in [-0.2, 0) is 0 Å². The van der Waals surface area contributed by atoms with E-state index in [0.717, 1.165) is 0 Å². The largest absolute Gasteiger partial charge is 0.508 e. The third kappa shape index (κ3) is 2.92. The van der Waals surface area contributed by atoms with Crippen LogP contribution in [0.25, 0.3) is 22.3 Å². The van der Waals surface area contributed by atoms with E-state index in [1.807, 2.05) is 0 Å². The standard InChI is InChI=1S/C19H16N2O4/c20-15-9-11(3-8-16(15)23)13-6-7-14(19(24)25)17(18(13)21)10-1-4-12(22)5-2-10/h1-9,22-23H,20-21H2,(H,24,25). The molecule has 0 saturated heterocycles. The van der Waals surface area contributed by atoms with Crippen LogP contribution in [0.5, 0.6) is 11.5 Å². The summed E-state index contributed by atoms with van der Waals surface area (Å²) in [6, 6.07) is 13.9. The van der Waals surface area contributed by atoms with Gasteiger partial charge in [-0.15, -0.1) is 0 Å². The molecule has 0 aliphatic rings. The summed E-state index contributed by atoms with van der Waals surface area (Å²) < 4.78 is 0. The molecule has 6 nitrogen and oxygen atoms in total. The van der Waals surface area contributed by atoms with E-state index in [9.17, 15) is 20.1 Å². The number of benzene rings is 3. The van der Waals surface area contributed by atoms with Gasteiger partial charge in [0.15, 0.2) is 0 Å². The van der Waals surface area contributed by atoms with Gasteiger partial charge in [-0.1, -0.05) is 24.3 Å². The number of carboxylic acid groups (broad SMARTS) is 1. The van der Waals surface area contributed by atoms with Crippen LogP contribution in [0.3, 0.4) is 0 Å². The van der Waals surface area contributed by atoms with Crippen LogP contribution in [0.2, 0.25) is 0 Å². The van der Waals surface area contributed by atoms with E-state index in [1.54, 1.807) is 30.3 Å². The van der Waals surface area contributed by atoms with E-state index in [1.165, 1.54) is 24.3 Å². The van der Waals surface area contributed by atoms with Crippen molar-refractivity contribution in [3.05, 3.63) is 60.2 Å². The molecule has 3 aromatic rings. The quantitative estimate of drug-likeness (QED) is 0.368. The number of hydrogen-bond donors (Lipinski definition) is 5. The predicted molar refractivity (Wildman–Crippen MR) is 96.4 cm³/mol. The van der Waals surface area contributed by atoms with Gasteiger partial charge in [0.05, 0.1) is 11.3 Å². The van der Waals surface area contributed by atoms with Gasteiger partial charge in [0.1, 0.15) is 11.5 Å². The second-order valence-electron chi connectivity index (χ2n) is 5.57. The molecule has 0 spiro atoms. The molecule has 7 N–H and O–H groups in total. The van der Waals surface area contributed by atoms with Crippen molar-refractivity contribution in [1.29, 1.82) is 0 Å². The minimum atomic E-state index is -1.11. The second kappa shape index (κ2) is 6.09. The molecule has 3 aromatic carbocycles. The maximum absolute atomic E-state index is 11.6. The average molecular weight is 336 g/mol. The molecule has 0 aliphatic heterocycles. The first-order chi connectivity index (χ1) is 11.9. The highest BCUT2D eigenvalue weighted by molar-refractivity contribution is 6.03. The lowest BCUT2D eigenvalue weighted by atomic mass is 9.92. The van der Waals surface area contributed by atoms with Crippen LogP contribution in [0.4, 0.5) is 11.4 Å². The Bertz CT molecular complexity index is 966. The summed E-state index contributed by atoms with van der Waals surface area (Å²) in [7, 11) is 0. The Morgan fingerprint density at radius 3 is 2.08 bits per heavy atom. The Labute approximate surface area is 143 Å². The number of nitrogens with two attached hydrogens (primary N) is 2. The molecule has 0 aliphatic carbocycles. The molecule has 126 valence electrons. The maximum atomic E-state index is 11.6. The summed E-state index contributed by atoms with van der Waals surface area (Å²) in [6.45, 7) is 0. The number of carbonyl (C=O) groups is 1. The number of aromatic carboxylic acids is 1. The number of aromatic hydroxyl groups is 2. The lowest BCUT2D eigenvalue weighted by molar-refractivity contribution is 0.0698. The molecule has 25 heavy (non-hydrogen) atoms. The molecule has 0 fully saturated rings. The molecular weight excluding hydrogens is 320 g/mol. The van der Waals surface area contributed by atoms with Gasteiger partial charge in [0, 0.05) is 16.8 Å². The lowest BCUT2D eigenvalue weighted by Gasteiger charge is -2.15. The Morgan fingerprint density at radius 2 is 1.48 bits per heavy atom. The van der Waals surface area contributed by atoms with Gasteiger partial charge < -0.3 is 26.8 Å².